The number of nitrogens with one attached hydrogen (secondary N) is 1. The number of amides is 1. The van der Waals surface area contributed by atoms with E-state index in [4.69, 9.17) is 0 Å². The van der Waals surface area contributed by atoms with Gasteiger partial charge in [0.25, 0.3) is 11.6 Å². The fourth-order valence-corrected chi connectivity index (χ4v) is 2.50. The molecule has 0 aliphatic carbocycles. The van der Waals surface area contributed by atoms with Crippen molar-refractivity contribution in [1.29, 1.82) is 0 Å². The molecule has 0 bridgehead atoms. The van der Waals surface area contributed by atoms with Crippen molar-refractivity contribution in [2.24, 2.45) is 7.05 Å². The summed E-state index contributed by atoms with van der Waals surface area (Å²) < 4.78 is 1.69. The topological polar surface area (TPSA) is 94.2 Å². The average molecular weight is 323 g/mol. The van der Waals surface area contributed by atoms with Crippen LogP contribution >= 0.6 is 0 Å². The van der Waals surface area contributed by atoms with Crippen LogP contribution in [0.5, 0.6) is 0 Å². The zero-order valence-corrected chi connectivity index (χ0v) is 12.7. The number of carbonyl (C=O) groups is 1. The summed E-state index contributed by atoms with van der Waals surface area (Å²) in [6.07, 6.45) is 1.46. The van der Waals surface area contributed by atoms with Gasteiger partial charge in [0.1, 0.15) is 5.56 Å². The van der Waals surface area contributed by atoms with Gasteiger partial charge in [-0.2, -0.15) is 0 Å². The number of nitro groups is 1. The molecular weight excluding hydrogens is 310 g/mol. The van der Waals surface area contributed by atoms with E-state index in [0.717, 1.165) is 5.52 Å². The molecule has 1 amide bonds. The van der Waals surface area contributed by atoms with Crippen LogP contribution in [0, 0.1) is 10.1 Å². The third kappa shape index (κ3) is 2.74. The Hall–Kier alpha value is -3.48. The molecule has 0 fully saturated rings. The van der Waals surface area contributed by atoms with Gasteiger partial charge in [0.15, 0.2) is 0 Å². The predicted molar refractivity (Wildman–Crippen MR) is 90.2 cm³/mol. The van der Waals surface area contributed by atoms with E-state index in [1.54, 1.807) is 29.8 Å². The second-order valence-electron chi connectivity index (χ2n) is 5.26. The Morgan fingerprint density at radius 3 is 2.67 bits per heavy atom. The predicted octanol–water partition coefficient (Wildman–Crippen LogP) is 2.70. The van der Waals surface area contributed by atoms with Crippen molar-refractivity contribution < 1.29 is 9.72 Å². The number of nitrogens with zero attached hydrogens (tertiary/aromatic N) is 2. The Kier molecular flexibility index (Phi) is 3.83. The van der Waals surface area contributed by atoms with E-state index in [1.807, 2.05) is 6.07 Å². The number of rotatable bonds is 3. The maximum atomic E-state index is 12.5. The monoisotopic (exact) mass is 323 g/mol. The van der Waals surface area contributed by atoms with Gasteiger partial charge in [-0.3, -0.25) is 19.7 Å². The second-order valence-corrected chi connectivity index (χ2v) is 5.26. The van der Waals surface area contributed by atoms with Crippen LogP contribution < -0.4 is 10.7 Å². The lowest BCUT2D eigenvalue weighted by molar-refractivity contribution is -0.384. The highest BCUT2D eigenvalue weighted by atomic mass is 16.6. The van der Waals surface area contributed by atoms with Gasteiger partial charge in [-0.1, -0.05) is 18.2 Å². The Labute approximate surface area is 136 Å². The van der Waals surface area contributed by atoms with Crippen molar-refractivity contribution in [2.75, 3.05) is 5.32 Å². The number of non-ortho nitro benzene ring substituents is 1. The first-order valence-corrected chi connectivity index (χ1v) is 7.11. The summed E-state index contributed by atoms with van der Waals surface area (Å²) in [5.41, 5.74) is 0.423. The zero-order valence-electron chi connectivity index (χ0n) is 12.7. The number of pyridine rings is 1. The number of aryl methyl sites for hydroxylation is 1. The van der Waals surface area contributed by atoms with Gasteiger partial charge in [-0.25, -0.2) is 0 Å². The summed E-state index contributed by atoms with van der Waals surface area (Å²) >= 11 is 0. The van der Waals surface area contributed by atoms with E-state index in [1.165, 1.54) is 30.5 Å². The zero-order chi connectivity index (χ0) is 17.3. The van der Waals surface area contributed by atoms with E-state index in [0.29, 0.717) is 5.39 Å². The smallest absolute Gasteiger partial charge is 0.271 e. The van der Waals surface area contributed by atoms with Crippen LogP contribution in [-0.4, -0.2) is 15.4 Å². The number of anilines is 1. The van der Waals surface area contributed by atoms with Crippen molar-refractivity contribution >= 4 is 28.2 Å². The normalized spacial score (nSPS) is 10.5. The Bertz CT molecular complexity index is 1020. The highest BCUT2D eigenvalue weighted by molar-refractivity contribution is 6.05. The molecule has 0 unspecified atom stereocenters. The molecule has 7 nitrogen and oxygen atoms in total. The summed E-state index contributed by atoms with van der Waals surface area (Å²) in [7, 11) is 1.74. The molecule has 3 aromatic rings. The summed E-state index contributed by atoms with van der Waals surface area (Å²) in [5.74, 6) is -0.609. The summed E-state index contributed by atoms with van der Waals surface area (Å²) in [4.78, 5) is 35.2. The minimum absolute atomic E-state index is 0.0253. The van der Waals surface area contributed by atoms with Crippen LogP contribution in [0.2, 0.25) is 0 Å². The van der Waals surface area contributed by atoms with Crippen LogP contribution in [0.1, 0.15) is 10.4 Å². The molecule has 2 aromatic carbocycles. The molecule has 0 saturated heterocycles. The SMILES string of the molecule is Cn1cc(C(=O)Nc2cccc([N+](=O)[O-])c2)c(=O)c2ccccc21. The number of fused-ring (bicyclic) bond motifs is 1. The van der Waals surface area contributed by atoms with Crippen molar-refractivity contribution in [2.45, 2.75) is 0 Å². The van der Waals surface area contributed by atoms with Gasteiger partial charge in [0, 0.05) is 36.5 Å². The lowest BCUT2D eigenvalue weighted by Gasteiger charge is -2.09. The van der Waals surface area contributed by atoms with Gasteiger partial charge in [-0.15, -0.1) is 0 Å². The minimum atomic E-state index is -0.609. The fraction of sp³-hybridized carbons (Fsp3) is 0.0588. The molecule has 1 aromatic heterocycles. The van der Waals surface area contributed by atoms with Crippen LogP contribution in [0.4, 0.5) is 11.4 Å². The van der Waals surface area contributed by atoms with Gasteiger partial charge in [-0.05, 0) is 18.2 Å². The average Bonchev–Trinajstić information content (AvgIpc) is 2.58. The highest BCUT2D eigenvalue weighted by Gasteiger charge is 2.15. The number of nitro benzene ring substituents is 1. The highest BCUT2D eigenvalue weighted by Crippen LogP contribution is 2.18. The number of carbonyl (C=O) groups excluding carboxylic acids is 1. The van der Waals surface area contributed by atoms with Crippen LogP contribution in [0.3, 0.4) is 0 Å². The molecule has 120 valence electrons. The molecular formula is C17H13N3O4. The minimum Gasteiger partial charge on any atom is -0.350 e. The summed E-state index contributed by atoms with van der Waals surface area (Å²) in [5, 5.41) is 13.8. The number of aromatic nitrogens is 1. The Morgan fingerprint density at radius 2 is 1.92 bits per heavy atom. The molecule has 1 heterocycles. The molecule has 0 atom stereocenters. The van der Waals surface area contributed by atoms with Gasteiger partial charge >= 0.3 is 0 Å². The molecule has 1 N–H and O–H groups in total. The number of para-hydroxylation sites is 1. The maximum Gasteiger partial charge on any atom is 0.271 e. The fourth-order valence-electron chi connectivity index (χ4n) is 2.50. The van der Waals surface area contributed by atoms with Gasteiger partial charge in [0.2, 0.25) is 5.43 Å². The lowest BCUT2D eigenvalue weighted by atomic mass is 10.1. The first-order chi connectivity index (χ1) is 11.5. The van der Waals surface area contributed by atoms with E-state index in [9.17, 15) is 19.7 Å². The first-order valence-electron chi connectivity index (χ1n) is 7.11. The largest absolute Gasteiger partial charge is 0.350 e. The van der Waals surface area contributed by atoms with E-state index >= 15 is 0 Å². The third-order valence-corrected chi connectivity index (χ3v) is 3.66. The molecule has 0 spiro atoms. The quantitative estimate of drug-likeness (QED) is 0.592. The first kappa shape index (κ1) is 15.4. The molecule has 0 aliphatic rings. The van der Waals surface area contributed by atoms with Gasteiger partial charge < -0.3 is 9.88 Å². The molecule has 3 rings (SSSR count). The second kappa shape index (κ2) is 5.96. The van der Waals surface area contributed by atoms with E-state index in [-0.39, 0.29) is 22.4 Å². The van der Waals surface area contributed by atoms with Gasteiger partial charge in [0.05, 0.1) is 10.4 Å². The van der Waals surface area contributed by atoms with Crippen molar-refractivity contribution in [1.82, 2.24) is 4.57 Å². The summed E-state index contributed by atoms with van der Waals surface area (Å²) in [6, 6.07) is 12.5. The van der Waals surface area contributed by atoms with E-state index in [2.05, 4.69) is 5.32 Å². The van der Waals surface area contributed by atoms with E-state index < -0.39 is 10.8 Å². The summed E-state index contributed by atoms with van der Waals surface area (Å²) in [6.45, 7) is 0. The molecule has 0 radical (unpaired) electrons. The van der Waals surface area contributed by atoms with Crippen molar-refractivity contribution in [3.63, 3.8) is 0 Å². The van der Waals surface area contributed by atoms with Crippen LogP contribution in [0.15, 0.2) is 59.5 Å². The number of hydrogen-bond acceptors (Lipinski definition) is 4. The molecule has 0 aliphatic heterocycles. The van der Waals surface area contributed by atoms with Crippen molar-refractivity contribution in [3.8, 4) is 0 Å². The standard InChI is InChI=1S/C17H13N3O4/c1-19-10-14(16(21)13-7-2-3-8-15(13)19)17(22)18-11-5-4-6-12(9-11)20(23)24/h2-10H,1H3,(H,18,22). The van der Waals surface area contributed by atoms with Crippen LogP contribution in [-0.2, 0) is 7.05 Å². The molecule has 7 heteroatoms. The molecule has 24 heavy (non-hydrogen) atoms. The van der Waals surface area contributed by atoms with Crippen LogP contribution in [0.25, 0.3) is 10.9 Å². The number of hydrogen-bond donors (Lipinski definition) is 1. The molecule has 0 saturated carbocycles. The Morgan fingerprint density at radius 1 is 1.17 bits per heavy atom. The Balaban J connectivity index is 2.01. The maximum absolute atomic E-state index is 12.5. The lowest BCUT2D eigenvalue weighted by Crippen LogP contribution is -2.23. The number of benzene rings is 2. The third-order valence-electron chi connectivity index (χ3n) is 3.66. The van der Waals surface area contributed by atoms with Crippen molar-refractivity contribution in [3.05, 3.63) is 80.6 Å².